The molecule has 3 aromatic rings. The molecule has 162 valence electrons. The average molecular weight is 422 g/mol. The smallest absolute Gasteiger partial charge is 0.352 e. The van der Waals surface area contributed by atoms with Crippen LogP contribution in [0.4, 0.5) is 13.2 Å². The molecule has 7 nitrogen and oxygen atoms in total. The van der Waals surface area contributed by atoms with E-state index in [0.717, 1.165) is 10.7 Å². The summed E-state index contributed by atoms with van der Waals surface area (Å²) < 4.78 is 42.2. The number of alkyl halides is 3. The predicted octanol–water partition coefficient (Wildman–Crippen LogP) is 3.66. The third-order valence-corrected chi connectivity index (χ3v) is 4.84. The number of fused-ring (bicyclic) bond motifs is 1. The number of nitrogens with one attached hydrogen (secondary N) is 1. The highest BCUT2D eigenvalue weighted by atomic mass is 19.4. The lowest BCUT2D eigenvalue weighted by Gasteiger charge is -2.16. The van der Waals surface area contributed by atoms with Crippen LogP contribution in [0.2, 0.25) is 0 Å². The van der Waals surface area contributed by atoms with E-state index in [1.54, 1.807) is 24.6 Å². The van der Waals surface area contributed by atoms with Gasteiger partial charge in [-0.25, -0.2) is 9.67 Å². The summed E-state index contributed by atoms with van der Waals surface area (Å²) in [6.45, 7) is 9.75. The Morgan fingerprint density at radius 2 is 1.83 bits per heavy atom. The second-order valence-electron chi connectivity index (χ2n) is 7.58. The molecule has 1 amide bonds. The maximum atomic E-state index is 13.2. The number of nitrogens with zero attached hydrogens (tertiary/aromatic N) is 5. The maximum absolute atomic E-state index is 13.2. The third kappa shape index (κ3) is 4.31. The first kappa shape index (κ1) is 21.8. The molecule has 1 atom stereocenters. The van der Waals surface area contributed by atoms with E-state index in [1.807, 2.05) is 13.8 Å². The molecule has 0 aliphatic rings. The van der Waals surface area contributed by atoms with E-state index in [2.05, 4.69) is 20.5 Å². The lowest BCUT2D eigenvalue weighted by molar-refractivity contribution is -0.144. The fourth-order valence-corrected chi connectivity index (χ4v) is 3.51. The lowest BCUT2D eigenvalue weighted by atomic mass is 10.1. The van der Waals surface area contributed by atoms with Gasteiger partial charge >= 0.3 is 6.18 Å². The lowest BCUT2D eigenvalue weighted by Crippen LogP contribution is -2.31. The van der Waals surface area contributed by atoms with Gasteiger partial charge in [0.15, 0.2) is 5.65 Å². The van der Waals surface area contributed by atoms with Crippen molar-refractivity contribution in [3.63, 3.8) is 0 Å². The largest absolute Gasteiger partial charge is 0.433 e. The Hall–Kier alpha value is -2.91. The van der Waals surface area contributed by atoms with Gasteiger partial charge in [0.05, 0.1) is 22.3 Å². The second-order valence-corrected chi connectivity index (χ2v) is 7.58. The van der Waals surface area contributed by atoms with E-state index in [1.165, 1.54) is 6.92 Å². The summed E-state index contributed by atoms with van der Waals surface area (Å²) >= 11 is 0. The number of amides is 1. The van der Waals surface area contributed by atoms with Crippen molar-refractivity contribution in [2.45, 2.75) is 53.9 Å². The Morgan fingerprint density at radius 3 is 2.47 bits per heavy atom. The number of pyridine rings is 1. The van der Waals surface area contributed by atoms with Gasteiger partial charge in [0.1, 0.15) is 5.69 Å². The molecule has 0 saturated carbocycles. The van der Waals surface area contributed by atoms with Gasteiger partial charge in [-0.3, -0.25) is 9.48 Å². The monoisotopic (exact) mass is 422 g/mol. The Labute approximate surface area is 172 Å². The number of aryl methyl sites for hydroxylation is 4. The van der Waals surface area contributed by atoms with Gasteiger partial charge in [-0.2, -0.15) is 23.4 Å². The second kappa shape index (κ2) is 8.08. The van der Waals surface area contributed by atoms with Crippen LogP contribution in [0.1, 0.15) is 47.0 Å². The molecule has 0 aliphatic carbocycles. The van der Waals surface area contributed by atoms with Crippen LogP contribution in [0.3, 0.4) is 0 Å². The maximum Gasteiger partial charge on any atom is 0.433 e. The van der Waals surface area contributed by atoms with Crippen molar-refractivity contribution in [3.05, 3.63) is 40.5 Å². The first-order valence-electron chi connectivity index (χ1n) is 9.75. The van der Waals surface area contributed by atoms with Gasteiger partial charge in [0.25, 0.3) is 5.91 Å². The summed E-state index contributed by atoms with van der Waals surface area (Å²) in [6.07, 6.45) is -4.47. The quantitative estimate of drug-likeness (QED) is 0.658. The predicted molar refractivity (Wildman–Crippen MR) is 106 cm³/mol. The SMILES string of the molecule is CCn1nc(C)c2c(C(=O)NC[C@@H](C)Cn3nc(C)cc3C(F)(F)F)cc(C)nc21. The molecule has 0 bridgehead atoms. The summed E-state index contributed by atoms with van der Waals surface area (Å²) in [5.74, 6) is -0.559. The highest BCUT2D eigenvalue weighted by Gasteiger charge is 2.35. The molecule has 0 aromatic carbocycles. The van der Waals surface area contributed by atoms with Crippen molar-refractivity contribution in [2.24, 2.45) is 5.92 Å². The standard InChI is InChI=1S/C20H25F3N6O/c1-6-28-18-17(14(5)27-28)15(7-12(3)25-18)19(30)24-9-11(2)10-29-16(20(21,22)23)8-13(4)26-29/h7-8,11H,6,9-10H2,1-5H3,(H,24,30)/t11-/m1/s1. The first-order valence-corrected chi connectivity index (χ1v) is 9.75. The number of carbonyl (C=O) groups is 1. The van der Waals surface area contributed by atoms with Gasteiger partial charge in [0.2, 0.25) is 0 Å². The molecule has 10 heteroatoms. The fourth-order valence-electron chi connectivity index (χ4n) is 3.51. The molecule has 0 unspecified atom stereocenters. The van der Waals surface area contributed by atoms with Crippen LogP contribution < -0.4 is 5.32 Å². The van der Waals surface area contributed by atoms with E-state index in [9.17, 15) is 18.0 Å². The highest BCUT2D eigenvalue weighted by molar-refractivity contribution is 6.06. The normalized spacial score (nSPS) is 13.1. The van der Waals surface area contributed by atoms with E-state index in [4.69, 9.17) is 0 Å². The number of hydrogen-bond donors (Lipinski definition) is 1. The zero-order valence-corrected chi connectivity index (χ0v) is 17.6. The van der Waals surface area contributed by atoms with Crippen LogP contribution in [0.25, 0.3) is 11.0 Å². The molecule has 3 rings (SSSR count). The zero-order valence-electron chi connectivity index (χ0n) is 17.6. The summed E-state index contributed by atoms with van der Waals surface area (Å²) in [5.41, 5.74) is 2.03. The molecule has 30 heavy (non-hydrogen) atoms. The first-order chi connectivity index (χ1) is 14.0. The average Bonchev–Trinajstić information content (AvgIpc) is 3.18. The molecule has 0 spiro atoms. The van der Waals surface area contributed by atoms with Gasteiger partial charge < -0.3 is 5.32 Å². The van der Waals surface area contributed by atoms with Crippen molar-refractivity contribution >= 4 is 16.9 Å². The number of hydrogen-bond acceptors (Lipinski definition) is 4. The van der Waals surface area contributed by atoms with Crippen LogP contribution in [0.15, 0.2) is 12.1 Å². The summed E-state index contributed by atoms with van der Waals surface area (Å²) in [5, 5.41) is 11.9. The topological polar surface area (TPSA) is 77.6 Å². The Morgan fingerprint density at radius 1 is 1.13 bits per heavy atom. The molecule has 3 heterocycles. The molecule has 3 aromatic heterocycles. The van der Waals surface area contributed by atoms with Crippen molar-refractivity contribution in [1.29, 1.82) is 0 Å². The fraction of sp³-hybridized carbons (Fsp3) is 0.500. The summed E-state index contributed by atoms with van der Waals surface area (Å²) in [6, 6.07) is 2.73. The van der Waals surface area contributed by atoms with E-state index in [-0.39, 0.29) is 24.9 Å². The summed E-state index contributed by atoms with van der Waals surface area (Å²) in [4.78, 5) is 17.4. The number of carbonyl (C=O) groups excluding carboxylic acids is 1. The van der Waals surface area contributed by atoms with Crippen LogP contribution >= 0.6 is 0 Å². The van der Waals surface area contributed by atoms with Crippen LogP contribution in [-0.2, 0) is 19.3 Å². The Balaban J connectivity index is 1.76. The van der Waals surface area contributed by atoms with Gasteiger partial charge in [-0.1, -0.05) is 6.92 Å². The Kier molecular flexibility index (Phi) is 5.87. The van der Waals surface area contributed by atoms with E-state index >= 15 is 0 Å². The molecule has 0 radical (unpaired) electrons. The number of rotatable bonds is 6. The van der Waals surface area contributed by atoms with Crippen LogP contribution in [-0.4, -0.2) is 37.0 Å². The van der Waals surface area contributed by atoms with Crippen molar-refractivity contribution < 1.29 is 18.0 Å². The van der Waals surface area contributed by atoms with Crippen LogP contribution in [0, 0.1) is 26.7 Å². The molecule has 0 saturated heterocycles. The molecular formula is C20H25F3N6O. The summed E-state index contributed by atoms with van der Waals surface area (Å²) in [7, 11) is 0. The minimum Gasteiger partial charge on any atom is -0.352 e. The van der Waals surface area contributed by atoms with E-state index in [0.29, 0.717) is 40.2 Å². The third-order valence-electron chi connectivity index (χ3n) is 4.84. The van der Waals surface area contributed by atoms with Gasteiger partial charge in [-0.15, -0.1) is 0 Å². The zero-order chi connectivity index (χ0) is 22.2. The van der Waals surface area contributed by atoms with Gasteiger partial charge in [-0.05, 0) is 45.7 Å². The molecule has 0 aliphatic heterocycles. The van der Waals surface area contributed by atoms with E-state index < -0.39 is 11.9 Å². The van der Waals surface area contributed by atoms with Crippen molar-refractivity contribution in [1.82, 2.24) is 29.9 Å². The van der Waals surface area contributed by atoms with Crippen molar-refractivity contribution in [2.75, 3.05) is 6.54 Å². The van der Waals surface area contributed by atoms with Crippen molar-refractivity contribution in [3.8, 4) is 0 Å². The number of halogens is 3. The molecule has 0 fully saturated rings. The molecule has 1 N–H and O–H groups in total. The number of aromatic nitrogens is 5. The minimum atomic E-state index is -4.47. The van der Waals surface area contributed by atoms with Gasteiger partial charge in [0, 0.05) is 25.3 Å². The molecular weight excluding hydrogens is 397 g/mol. The Bertz CT molecular complexity index is 1080. The van der Waals surface area contributed by atoms with Crippen LogP contribution in [0.5, 0.6) is 0 Å². The highest BCUT2D eigenvalue weighted by Crippen LogP contribution is 2.30. The minimum absolute atomic E-state index is 0.0422.